The first kappa shape index (κ1) is 15.3. The van der Waals surface area contributed by atoms with Crippen molar-refractivity contribution in [2.24, 2.45) is 0 Å². The molecule has 120 valence electrons. The number of ether oxygens (including phenoxy) is 1. The minimum Gasteiger partial charge on any atom is -0.458 e. The Morgan fingerprint density at radius 1 is 1.26 bits per heavy atom. The van der Waals surface area contributed by atoms with Gasteiger partial charge in [0.25, 0.3) is 5.91 Å². The average Bonchev–Trinajstić information content (AvgIpc) is 2.57. The van der Waals surface area contributed by atoms with Crippen molar-refractivity contribution in [3.63, 3.8) is 0 Å². The van der Waals surface area contributed by atoms with Crippen LogP contribution in [0.3, 0.4) is 0 Å². The van der Waals surface area contributed by atoms with Gasteiger partial charge in [0.05, 0.1) is 30.7 Å². The van der Waals surface area contributed by atoms with Gasteiger partial charge < -0.3 is 9.64 Å². The molecule has 23 heavy (non-hydrogen) atoms. The van der Waals surface area contributed by atoms with Crippen LogP contribution in [0.2, 0.25) is 0 Å². The minimum atomic E-state index is -0.651. The van der Waals surface area contributed by atoms with Crippen LogP contribution in [0.25, 0.3) is 0 Å². The Morgan fingerprint density at radius 2 is 2.04 bits per heavy atom. The number of carbonyl (C=O) groups excluding carboxylic acids is 1. The zero-order chi connectivity index (χ0) is 16.2. The van der Waals surface area contributed by atoms with Gasteiger partial charge in [0, 0.05) is 12.7 Å². The van der Waals surface area contributed by atoms with E-state index >= 15 is 0 Å². The van der Waals surface area contributed by atoms with Gasteiger partial charge in [-0.1, -0.05) is 0 Å². The first-order valence-corrected chi connectivity index (χ1v) is 7.16. The normalized spacial score (nSPS) is 17.8. The van der Waals surface area contributed by atoms with E-state index in [1.807, 2.05) is 0 Å². The average molecular weight is 320 g/mol. The summed E-state index contributed by atoms with van der Waals surface area (Å²) in [4.78, 5) is 25.0. The molecule has 2 aromatic rings. The summed E-state index contributed by atoms with van der Waals surface area (Å²) in [7, 11) is 0. The lowest BCUT2D eigenvalue weighted by Gasteiger charge is -2.32. The van der Waals surface area contributed by atoms with Crippen molar-refractivity contribution in [2.45, 2.75) is 18.9 Å². The minimum absolute atomic E-state index is 0.0151. The van der Waals surface area contributed by atoms with E-state index in [0.717, 1.165) is 18.6 Å². The molecule has 1 amide bonds. The highest BCUT2D eigenvalue weighted by molar-refractivity contribution is 5.94. The lowest BCUT2D eigenvalue weighted by molar-refractivity contribution is 0.0511. The number of amides is 1. The SMILES string of the molecule is O=C(c1ccncc1F)N1CCCC(Oc2ncc(F)cn2)C1. The summed E-state index contributed by atoms with van der Waals surface area (Å²) in [6, 6.07) is 1.41. The van der Waals surface area contributed by atoms with E-state index in [2.05, 4.69) is 15.0 Å². The summed E-state index contributed by atoms with van der Waals surface area (Å²) in [6.07, 6.45) is 5.52. The Hall–Kier alpha value is -2.64. The van der Waals surface area contributed by atoms with Gasteiger partial charge in [0.2, 0.25) is 0 Å². The van der Waals surface area contributed by atoms with Gasteiger partial charge in [-0.05, 0) is 18.9 Å². The molecule has 0 bridgehead atoms. The van der Waals surface area contributed by atoms with Crippen LogP contribution in [0.15, 0.2) is 30.9 Å². The second-order valence-electron chi connectivity index (χ2n) is 5.17. The number of piperidine rings is 1. The number of likely N-dealkylation sites (tertiary alicyclic amines) is 1. The number of rotatable bonds is 3. The molecule has 2 aromatic heterocycles. The largest absolute Gasteiger partial charge is 0.458 e. The highest BCUT2D eigenvalue weighted by Gasteiger charge is 2.27. The van der Waals surface area contributed by atoms with Gasteiger partial charge in [-0.2, -0.15) is 0 Å². The number of hydrogen-bond donors (Lipinski definition) is 0. The molecular weight excluding hydrogens is 306 g/mol. The predicted molar refractivity (Wildman–Crippen MR) is 75.7 cm³/mol. The molecule has 1 fully saturated rings. The van der Waals surface area contributed by atoms with E-state index in [4.69, 9.17) is 4.74 Å². The van der Waals surface area contributed by atoms with Crippen molar-refractivity contribution < 1.29 is 18.3 Å². The molecule has 0 aromatic carbocycles. The molecule has 8 heteroatoms. The number of pyridine rings is 1. The number of aromatic nitrogens is 3. The Balaban J connectivity index is 1.67. The quantitative estimate of drug-likeness (QED) is 0.863. The second kappa shape index (κ2) is 6.64. The third kappa shape index (κ3) is 3.58. The zero-order valence-electron chi connectivity index (χ0n) is 12.2. The molecule has 0 aliphatic carbocycles. The topological polar surface area (TPSA) is 68.2 Å². The molecule has 0 saturated carbocycles. The number of carbonyl (C=O) groups is 1. The smallest absolute Gasteiger partial charge is 0.316 e. The summed E-state index contributed by atoms with van der Waals surface area (Å²) in [5.41, 5.74) is -0.0151. The first-order chi connectivity index (χ1) is 11.1. The summed E-state index contributed by atoms with van der Waals surface area (Å²) >= 11 is 0. The summed E-state index contributed by atoms with van der Waals surface area (Å²) < 4.78 is 32.0. The van der Waals surface area contributed by atoms with Crippen LogP contribution in [0.4, 0.5) is 8.78 Å². The van der Waals surface area contributed by atoms with Gasteiger partial charge in [-0.3, -0.25) is 9.78 Å². The number of halogens is 2. The van der Waals surface area contributed by atoms with Crippen molar-refractivity contribution in [1.29, 1.82) is 0 Å². The van der Waals surface area contributed by atoms with Crippen LogP contribution in [0, 0.1) is 11.6 Å². The summed E-state index contributed by atoms with van der Waals surface area (Å²) in [5, 5.41) is 0. The van der Waals surface area contributed by atoms with Gasteiger partial charge in [0.1, 0.15) is 6.10 Å². The van der Waals surface area contributed by atoms with Crippen molar-refractivity contribution in [3.8, 4) is 6.01 Å². The maximum atomic E-state index is 13.7. The number of nitrogens with zero attached hydrogens (tertiary/aromatic N) is 4. The van der Waals surface area contributed by atoms with Crippen LogP contribution in [0.1, 0.15) is 23.2 Å². The van der Waals surface area contributed by atoms with Gasteiger partial charge in [-0.15, -0.1) is 0 Å². The Labute approximate surface area is 131 Å². The van der Waals surface area contributed by atoms with E-state index in [1.165, 1.54) is 17.2 Å². The fourth-order valence-electron chi connectivity index (χ4n) is 2.45. The second-order valence-corrected chi connectivity index (χ2v) is 5.17. The van der Waals surface area contributed by atoms with Crippen molar-refractivity contribution >= 4 is 5.91 Å². The van der Waals surface area contributed by atoms with Gasteiger partial charge in [0.15, 0.2) is 11.6 Å². The number of hydrogen-bond acceptors (Lipinski definition) is 5. The van der Waals surface area contributed by atoms with Crippen LogP contribution in [0.5, 0.6) is 6.01 Å². The van der Waals surface area contributed by atoms with E-state index < -0.39 is 17.5 Å². The van der Waals surface area contributed by atoms with Crippen LogP contribution in [-0.4, -0.2) is 45.0 Å². The molecule has 6 nitrogen and oxygen atoms in total. The van der Waals surface area contributed by atoms with Crippen LogP contribution < -0.4 is 4.74 Å². The van der Waals surface area contributed by atoms with Crippen molar-refractivity contribution in [1.82, 2.24) is 19.9 Å². The third-order valence-electron chi connectivity index (χ3n) is 3.54. The van der Waals surface area contributed by atoms with E-state index in [1.54, 1.807) is 0 Å². The molecule has 1 unspecified atom stereocenters. The Morgan fingerprint density at radius 3 is 2.78 bits per heavy atom. The van der Waals surface area contributed by atoms with E-state index in [-0.39, 0.29) is 17.7 Å². The molecule has 1 aliphatic rings. The standard InChI is InChI=1S/C15H14F2N4O2/c16-10-6-19-15(20-7-10)23-11-2-1-5-21(9-11)14(22)12-3-4-18-8-13(12)17/h3-4,6-8,11H,1-2,5,9H2. The maximum absolute atomic E-state index is 13.7. The summed E-state index contributed by atoms with van der Waals surface area (Å²) in [6.45, 7) is 0.812. The fraction of sp³-hybridized carbons (Fsp3) is 0.333. The molecule has 1 aliphatic heterocycles. The van der Waals surface area contributed by atoms with Crippen molar-refractivity contribution in [2.75, 3.05) is 13.1 Å². The van der Waals surface area contributed by atoms with Gasteiger partial charge in [-0.25, -0.2) is 18.7 Å². The van der Waals surface area contributed by atoms with Gasteiger partial charge >= 0.3 is 6.01 Å². The molecular formula is C15H14F2N4O2. The fourth-order valence-corrected chi connectivity index (χ4v) is 2.45. The highest BCUT2D eigenvalue weighted by Crippen LogP contribution is 2.18. The molecule has 0 spiro atoms. The molecule has 0 N–H and O–H groups in total. The predicted octanol–water partition coefficient (Wildman–Crippen LogP) is 1.83. The third-order valence-corrected chi connectivity index (χ3v) is 3.54. The zero-order valence-corrected chi connectivity index (χ0v) is 12.2. The Kier molecular flexibility index (Phi) is 4.40. The summed E-state index contributed by atoms with van der Waals surface area (Å²) in [5.74, 6) is -1.61. The molecule has 3 heterocycles. The van der Waals surface area contributed by atoms with Crippen LogP contribution in [-0.2, 0) is 0 Å². The lowest BCUT2D eigenvalue weighted by atomic mass is 10.1. The molecule has 1 atom stereocenters. The first-order valence-electron chi connectivity index (χ1n) is 7.16. The van der Waals surface area contributed by atoms with Crippen molar-refractivity contribution in [3.05, 3.63) is 48.1 Å². The van der Waals surface area contributed by atoms with E-state index in [0.29, 0.717) is 25.9 Å². The Bertz CT molecular complexity index is 696. The maximum Gasteiger partial charge on any atom is 0.316 e. The van der Waals surface area contributed by atoms with E-state index in [9.17, 15) is 13.6 Å². The lowest BCUT2D eigenvalue weighted by Crippen LogP contribution is -2.44. The molecule has 0 radical (unpaired) electrons. The van der Waals surface area contributed by atoms with Crippen LogP contribution >= 0.6 is 0 Å². The molecule has 1 saturated heterocycles. The molecule has 3 rings (SSSR count). The highest BCUT2D eigenvalue weighted by atomic mass is 19.1. The monoisotopic (exact) mass is 320 g/mol.